The number of unbranched alkanes of at least 4 members (excludes halogenated alkanes) is 2. The Labute approximate surface area is 67.7 Å². The van der Waals surface area contributed by atoms with Gasteiger partial charge in [0.05, 0.1) is 13.1 Å². The van der Waals surface area contributed by atoms with Crippen LogP contribution in [0.15, 0.2) is 0 Å². The number of hydrazine groups is 1. The Bertz CT molecular complexity index is 136. The average molecular weight is 156 g/mol. The molecule has 0 aliphatic carbocycles. The third-order valence-electron chi connectivity index (χ3n) is 1.90. The molecule has 0 unspecified atom stereocenters. The van der Waals surface area contributed by atoms with Crippen LogP contribution in [0.3, 0.4) is 0 Å². The second-order valence-electron chi connectivity index (χ2n) is 3.00. The highest BCUT2D eigenvalue weighted by Crippen LogP contribution is 1.98. The number of rotatable bonds is 4. The number of nitrogens with zero attached hydrogens (tertiary/aromatic N) is 1. The van der Waals surface area contributed by atoms with E-state index in [-0.39, 0.29) is 0 Å². The van der Waals surface area contributed by atoms with Crippen LogP contribution in [0.2, 0.25) is 0 Å². The number of hydrogen-bond acceptors (Lipinski definition) is 3. The summed E-state index contributed by atoms with van der Waals surface area (Å²) < 4.78 is 0. The maximum atomic E-state index is 10.8. The van der Waals surface area contributed by atoms with E-state index in [0.29, 0.717) is 18.9 Å². The zero-order chi connectivity index (χ0) is 8.10. The highest BCUT2D eigenvalue weighted by molar-refractivity contribution is 5.83. The molecule has 1 rings (SSSR count). The highest BCUT2D eigenvalue weighted by Gasteiger charge is 2.16. The topological polar surface area (TPSA) is 32.3 Å². The fourth-order valence-electron chi connectivity index (χ4n) is 1.24. The van der Waals surface area contributed by atoms with Crippen LogP contribution in [0.1, 0.15) is 26.2 Å². The smallest absolute Gasteiger partial charge is 0.163 e. The van der Waals surface area contributed by atoms with Gasteiger partial charge in [-0.15, -0.1) is 0 Å². The monoisotopic (exact) mass is 156 g/mol. The van der Waals surface area contributed by atoms with Gasteiger partial charge in [-0.2, -0.15) is 0 Å². The molecule has 0 bridgehead atoms. The molecule has 0 aromatic heterocycles. The molecule has 1 heterocycles. The predicted molar refractivity (Wildman–Crippen MR) is 44.1 cm³/mol. The van der Waals surface area contributed by atoms with Gasteiger partial charge < -0.3 is 0 Å². The lowest BCUT2D eigenvalue weighted by molar-refractivity contribution is -0.116. The first-order chi connectivity index (χ1) is 5.33. The SMILES string of the molecule is CCCCCN1CC(=O)CN1. The number of carbonyl (C=O) groups is 1. The van der Waals surface area contributed by atoms with Crippen molar-refractivity contribution in [2.24, 2.45) is 0 Å². The van der Waals surface area contributed by atoms with Crippen LogP contribution >= 0.6 is 0 Å². The molecule has 0 aromatic rings. The van der Waals surface area contributed by atoms with Crippen molar-refractivity contribution >= 4 is 5.78 Å². The van der Waals surface area contributed by atoms with Crippen LogP contribution < -0.4 is 5.43 Å². The van der Waals surface area contributed by atoms with Gasteiger partial charge in [0.15, 0.2) is 5.78 Å². The van der Waals surface area contributed by atoms with Crippen molar-refractivity contribution in [3.05, 3.63) is 0 Å². The summed E-state index contributed by atoms with van der Waals surface area (Å²) in [5.74, 6) is 0.307. The first-order valence-corrected chi connectivity index (χ1v) is 4.33. The van der Waals surface area contributed by atoms with Crippen LogP contribution in [0.5, 0.6) is 0 Å². The summed E-state index contributed by atoms with van der Waals surface area (Å²) in [6, 6.07) is 0. The number of hydrogen-bond donors (Lipinski definition) is 1. The lowest BCUT2D eigenvalue weighted by Gasteiger charge is -2.12. The van der Waals surface area contributed by atoms with Gasteiger partial charge in [-0.25, -0.2) is 10.4 Å². The van der Waals surface area contributed by atoms with E-state index in [4.69, 9.17) is 0 Å². The molecule has 0 amide bonds. The van der Waals surface area contributed by atoms with Crippen molar-refractivity contribution in [2.75, 3.05) is 19.6 Å². The molecule has 1 N–H and O–H groups in total. The van der Waals surface area contributed by atoms with Gasteiger partial charge in [0.1, 0.15) is 0 Å². The molecule has 0 atom stereocenters. The van der Waals surface area contributed by atoms with Crippen LogP contribution in [0, 0.1) is 0 Å². The van der Waals surface area contributed by atoms with Crippen molar-refractivity contribution in [3.8, 4) is 0 Å². The van der Waals surface area contributed by atoms with E-state index in [1.165, 1.54) is 19.3 Å². The fraction of sp³-hybridized carbons (Fsp3) is 0.875. The Kier molecular flexibility index (Phi) is 3.52. The fourth-order valence-corrected chi connectivity index (χ4v) is 1.24. The minimum Gasteiger partial charge on any atom is -0.297 e. The molecule has 3 heteroatoms. The summed E-state index contributed by atoms with van der Waals surface area (Å²) in [6.07, 6.45) is 3.69. The van der Waals surface area contributed by atoms with Crippen LogP contribution in [0.4, 0.5) is 0 Å². The molecule has 11 heavy (non-hydrogen) atoms. The van der Waals surface area contributed by atoms with E-state index in [1.807, 2.05) is 5.01 Å². The largest absolute Gasteiger partial charge is 0.297 e. The zero-order valence-electron chi connectivity index (χ0n) is 7.10. The zero-order valence-corrected chi connectivity index (χ0v) is 7.10. The lowest BCUT2D eigenvalue weighted by atomic mass is 10.2. The molecule has 1 fully saturated rings. The van der Waals surface area contributed by atoms with Crippen molar-refractivity contribution in [1.29, 1.82) is 0 Å². The molecule has 1 aliphatic heterocycles. The number of ketones is 1. The number of Topliss-reactive ketones (excluding diaryl/α,β-unsaturated/α-hetero) is 1. The quantitative estimate of drug-likeness (QED) is 0.604. The van der Waals surface area contributed by atoms with Crippen LogP contribution in [0.25, 0.3) is 0 Å². The Hall–Kier alpha value is -0.410. The van der Waals surface area contributed by atoms with Gasteiger partial charge in [0.25, 0.3) is 0 Å². The molecular formula is C8H16N2O. The normalized spacial score (nSPS) is 19.5. The van der Waals surface area contributed by atoms with E-state index >= 15 is 0 Å². The first kappa shape index (κ1) is 8.68. The predicted octanol–water partition coefficient (Wildman–Crippen LogP) is 0.566. The first-order valence-electron chi connectivity index (χ1n) is 4.33. The van der Waals surface area contributed by atoms with E-state index in [2.05, 4.69) is 12.3 Å². The Morgan fingerprint density at radius 1 is 1.55 bits per heavy atom. The molecule has 1 aliphatic rings. The maximum Gasteiger partial charge on any atom is 0.163 e. The van der Waals surface area contributed by atoms with Crippen LogP contribution in [-0.4, -0.2) is 30.4 Å². The van der Waals surface area contributed by atoms with Crippen molar-refractivity contribution in [2.45, 2.75) is 26.2 Å². The number of nitrogens with one attached hydrogen (secondary N) is 1. The van der Waals surface area contributed by atoms with Gasteiger partial charge >= 0.3 is 0 Å². The second kappa shape index (κ2) is 4.46. The van der Waals surface area contributed by atoms with Gasteiger partial charge in [0.2, 0.25) is 0 Å². The third-order valence-corrected chi connectivity index (χ3v) is 1.90. The minimum atomic E-state index is 0.307. The van der Waals surface area contributed by atoms with E-state index in [0.717, 1.165) is 6.54 Å². The second-order valence-corrected chi connectivity index (χ2v) is 3.00. The summed E-state index contributed by atoms with van der Waals surface area (Å²) in [7, 11) is 0. The molecule has 1 saturated heterocycles. The third kappa shape index (κ3) is 2.99. The molecule has 0 radical (unpaired) electrons. The van der Waals surface area contributed by atoms with Gasteiger partial charge in [-0.3, -0.25) is 4.79 Å². The molecule has 0 aromatic carbocycles. The highest BCUT2D eigenvalue weighted by atomic mass is 16.1. The molecule has 64 valence electrons. The molecule has 3 nitrogen and oxygen atoms in total. The molecular weight excluding hydrogens is 140 g/mol. The standard InChI is InChI=1S/C8H16N2O/c1-2-3-4-5-10-7-8(11)6-9-10/h9H,2-7H2,1H3. The Morgan fingerprint density at radius 3 is 2.91 bits per heavy atom. The van der Waals surface area contributed by atoms with Gasteiger partial charge in [-0.1, -0.05) is 19.8 Å². The van der Waals surface area contributed by atoms with Crippen molar-refractivity contribution in [3.63, 3.8) is 0 Å². The maximum absolute atomic E-state index is 10.8. The lowest BCUT2D eigenvalue weighted by Crippen LogP contribution is -2.31. The van der Waals surface area contributed by atoms with E-state index < -0.39 is 0 Å². The summed E-state index contributed by atoms with van der Waals surface area (Å²) >= 11 is 0. The minimum absolute atomic E-state index is 0.307. The summed E-state index contributed by atoms with van der Waals surface area (Å²) in [4.78, 5) is 10.8. The summed E-state index contributed by atoms with van der Waals surface area (Å²) in [5.41, 5.74) is 3.05. The average Bonchev–Trinajstić information content (AvgIpc) is 2.37. The number of carbonyl (C=O) groups excluding carboxylic acids is 1. The molecule has 0 saturated carbocycles. The van der Waals surface area contributed by atoms with Gasteiger partial charge in [-0.05, 0) is 6.42 Å². The molecule has 0 spiro atoms. The van der Waals surface area contributed by atoms with E-state index in [9.17, 15) is 4.79 Å². The van der Waals surface area contributed by atoms with E-state index in [1.54, 1.807) is 0 Å². The van der Waals surface area contributed by atoms with Crippen molar-refractivity contribution < 1.29 is 4.79 Å². The van der Waals surface area contributed by atoms with Crippen molar-refractivity contribution in [1.82, 2.24) is 10.4 Å². The Morgan fingerprint density at radius 2 is 2.36 bits per heavy atom. The summed E-state index contributed by atoms with van der Waals surface area (Å²) in [6.45, 7) is 4.33. The Balaban J connectivity index is 2.04. The summed E-state index contributed by atoms with van der Waals surface area (Å²) in [5, 5.41) is 2.01. The van der Waals surface area contributed by atoms with Gasteiger partial charge in [0, 0.05) is 6.54 Å². The van der Waals surface area contributed by atoms with Crippen LogP contribution in [-0.2, 0) is 4.79 Å².